The number of sulfonamides is 1. The van der Waals surface area contributed by atoms with E-state index in [0.717, 1.165) is 32.7 Å². The van der Waals surface area contributed by atoms with Gasteiger partial charge in [0.1, 0.15) is 10.3 Å². The number of rotatable bonds is 6. The summed E-state index contributed by atoms with van der Waals surface area (Å²) in [4.78, 5) is 17.6. The molecule has 4 rings (SSSR count). The molecule has 30 heavy (non-hydrogen) atoms. The van der Waals surface area contributed by atoms with Crippen molar-refractivity contribution in [1.82, 2.24) is 14.1 Å². The fraction of sp³-hybridized carbons (Fsp3) is 0.476. The molecule has 0 aliphatic carbocycles. The van der Waals surface area contributed by atoms with Crippen molar-refractivity contribution in [2.24, 2.45) is 0 Å². The molecule has 2 aromatic rings. The van der Waals surface area contributed by atoms with Gasteiger partial charge in [0, 0.05) is 45.0 Å². The quantitative estimate of drug-likeness (QED) is 0.734. The van der Waals surface area contributed by atoms with Crippen molar-refractivity contribution < 1.29 is 13.2 Å². The molecule has 1 N–H and O–H groups in total. The largest absolute Gasteiger partial charge is 0.325 e. The van der Waals surface area contributed by atoms with E-state index in [-0.39, 0.29) is 10.1 Å². The maximum absolute atomic E-state index is 12.9. The monoisotopic (exact) mass is 448 g/mol. The van der Waals surface area contributed by atoms with E-state index < -0.39 is 16.1 Å². The molecule has 2 aliphatic rings. The highest BCUT2D eigenvalue weighted by atomic mass is 32.2. The van der Waals surface area contributed by atoms with Crippen LogP contribution < -0.4 is 5.32 Å². The van der Waals surface area contributed by atoms with Crippen LogP contribution in [0.1, 0.15) is 18.4 Å². The first-order valence-electron chi connectivity index (χ1n) is 10.3. The van der Waals surface area contributed by atoms with Gasteiger partial charge in [-0.2, -0.15) is 4.31 Å². The molecule has 0 bridgehead atoms. The highest BCUT2D eigenvalue weighted by molar-refractivity contribution is 7.91. The Morgan fingerprint density at radius 1 is 1.10 bits per heavy atom. The summed E-state index contributed by atoms with van der Waals surface area (Å²) in [6.07, 6.45) is 1.23. The fourth-order valence-electron chi connectivity index (χ4n) is 4.00. The average Bonchev–Trinajstić information content (AvgIpc) is 3.44. The Morgan fingerprint density at radius 3 is 2.50 bits per heavy atom. The first-order valence-corrected chi connectivity index (χ1v) is 12.6. The smallest absolute Gasteiger partial charge is 0.253 e. The molecule has 1 aromatic heterocycles. The maximum Gasteiger partial charge on any atom is 0.253 e. The highest BCUT2D eigenvalue weighted by Crippen LogP contribution is 2.29. The molecule has 1 unspecified atom stereocenters. The lowest BCUT2D eigenvalue weighted by molar-refractivity contribution is -0.119. The second-order valence-corrected chi connectivity index (χ2v) is 11.0. The molecule has 3 heterocycles. The third-order valence-electron chi connectivity index (χ3n) is 5.79. The van der Waals surface area contributed by atoms with Crippen LogP contribution in [0.3, 0.4) is 0 Å². The summed E-state index contributed by atoms with van der Waals surface area (Å²) < 4.78 is 27.4. The van der Waals surface area contributed by atoms with Crippen LogP contribution in [0.25, 0.3) is 0 Å². The number of hydrogen-bond acceptors (Lipinski definition) is 6. The summed E-state index contributed by atoms with van der Waals surface area (Å²) in [6.45, 7) is 5.57. The third-order valence-corrected chi connectivity index (χ3v) is 9.07. The van der Waals surface area contributed by atoms with E-state index >= 15 is 0 Å². The van der Waals surface area contributed by atoms with Gasteiger partial charge in [0.05, 0.1) is 0 Å². The lowest BCUT2D eigenvalue weighted by Gasteiger charge is -2.32. The summed E-state index contributed by atoms with van der Waals surface area (Å²) in [6, 6.07) is 10.5. The van der Waals surface area contributed by atoms with Gasteiger partial charge in [0.15, 0.2) is 0 Å². The van der Waals surface area contributed by atoms with Gasteiger partial charge in [-0.3, -0.25) is 9.69 Å². The van der Waals surface area contributed by atoms with Gasteiger partial charge in [-0.05, 0) is 49.0 Å². The Balaban J connectivity index is 1.37. The lowest BCUT2D eigenvalue weighted by atomic mass is 10.1. The molecule has 0 spiro atoms. The summed E-state index contributed by atoms with van der Waals surface area (Å²) >= 11 is 1.18. The summed E-state index contributed by atoms with van der Waals surface area (Å²) in [5, 5.41) is 4.64. The van der Waals surface area contributed by atoms with E-state index in [1.807, 2.05) is 24.3 Å². The Morgan fingerprint density at radius 2 is 1.83 bits per heavy atom. The third kappa shape index (κ3) is 4.76. The van der Waals surface area contributed by atoms with Crippen LogP contribution in [0.15, 0.2) is 46.0 Å². The number of likely N-dealkylation sites (N-methyl/N-ethyl adjacent to an activating group) is 1. The van der Waals surface area contributed by atoms with Crippen molar-refractivity contribution in [2.45, 2.75) is 29.6 Å². The van der Waals surface area contributed by atoms with E-state index in [2.05, 4.69) is 22.2 Å². The Kier molecular flexibility index (Phi) is 6.54. The van der Waals surface area contributed by atoms with Crippen LogP contribution in [0.5, 0.6) is 0 Å². The van der Waals surface area contributed by atoms with Crippen molar-refractivity contribution in [2.75, 3.05) is 45.1 Å². The number of nitrogens with zero attached hydrogens (tertiary/aromatic N) is 3. The zero-order chi connectivity index (χ0) is 21.1. The molecule has 0 saturated carbocycles. The number of thiophene rings is 1. The van der Waals surface area contributed by atoms with Crippen molar-refractivity contribution in [1.29, 1.82) is 0 Å². The number of nitrogens with one attached hydrogen (secondary N) is 1. The van der Waals surface area contributed by atoms with Gasteiger partial charge < -0.3 is 10.2 Å². The molecule has 1 amide bonds. The summed E-state index contributed by atoms with van der Waals surface area (Å²) in [5.74, 6) is -0.264. The second kappa shape index (κ2) is 9.15. The molecule has 2 fully saturated rings. The van der Waals surface area contributed by atoms with Crippen LogP contribution in [-0.2, 0) is 21.4 Å². The van der Waals surface area contributed by atoms with Crippen molar-refractivity contribution >= 4 is 33.0 Å². The molecule has 162 valence electrons. The van der Waals surface area contributed by atoms with Gasteiger partial charge in [-0.1, -0.05) is 18.2 Å². The Labute approximate surface area is 182 Å². The van der Waals surface area contributed by atoms with E-state index in [0.29, 0.717) is 25.1 Å². The minimum absolute atomic E-state index is 0.264. The number of carbonyl (C=O) groups excluding carboxylic acids is 1. The van der Waals surface area contributed by atoms with E-state index in [4.69, 9.17) is 0 Å². The normalized spacial score (nSPS) is 21.7. The molecule has 0 radical (unpaired) electrons. The van der Waals surface area contributed by atoms with E-state index in [1.54, 1.807) is 17.5 Å². The van der Waals surface area contributed by atoms with Gasteiger partial charge in [0.25, 0.3) is 10.0 Å². The minimum atomic E-state index is -3.63. The van der Waals surface area contributed by atoms with Crippen LogP contribution in [0.4, 0.5) is 5.69 Å². The van der Waals surface area contributed by atoms with Crippen molar-refractivity contribution in [3.63, 3.8) is 0 Å². The van der Waals surface area contributed by atoms with Crippen LogP contribution in [0.2, 0.25) is 0 Å². The minimum Gasteiger partial charge on any atom is -0.325 e. The van der Waals surface area contributed by atoms with Crippen LogP contribution in [-0.4, -0.2) is 74.2 Å². The second-order valence-electron chi connectivity index (χ2n) is 7.97. The number of anilines is 1. The lowest BCUT2D eigenvalue weighted by Crippen LogP contribution is -2.43. The average molecular weight is 449 g/mol. The predicted molar refractivity (Wildman–Crippen MR) is 119 cm³/mol. The van der Waals surface area contributed by atoms with Gasteiger partial charge >= 0.3 is 0 Å². The van der Waals surface area contributed by atoms with Crippen molar-refractivity contribution in [3.8, 4) is 0 Å². The Bertz CT molecular complexity index is 953. The summed E-state index contributed by atoms with van der Waals surface area (Å²) in [5.41, 5.74) is 1.91. The molecule has 1 aromatic carbocycles. The van der Waals surface area contributed by atoms with Crippen LogP contribution in [0, 0.1) is 0 Å². The summed E-state index contributed by atoms with van der Waals surface area (Å²) in [7, 11) is -1.48. The molecular formula is C21H28N4O3S2. The topological polar surface area (TPSA) is 73.0 Å². The Hall–Kier alpha value is -1.78. The molecular weight excluding hydrogens is 420 g/mol. The van der Waals surface area contributed by atoms with Gasteiger partial charge in [-0.15, -0.1) is 11.3 Å². The number of amides is 1. The first-order chi connectivity index (χ1) is 14.4. The number of carbonyl (C=O) groups is 1. The first kappa shape index (κ1) is 21.5. The highest BCUT2D eigenvalue weighted by Gasteiger charge is 2.39. The molecule has 1 atom stereocenters. The van der Waals surface area contributed by atoms with E-state index in [1.165, 1.54) is 21.2 Å². The molecule has 2 saturated heterocycles. The molecule has 2 aliphatic heterocycles. The predicted octanol–water partition coefficient (Wildman–Crippen LogP) is 2.29. The maximum atomic E-state index is 12.9. The van der Waals surface area contributed by atoms with Crippen molar-refractivity contribution in [3.05, 3.63) is 47.3 Å². The molecule has 7 nitrogen and oxygen atoms in total. The van der Waals surface area contributed by atoms with Gasteiger partial charge in [-0.25, -0.2) is 8.42 Å². The standard InChI is InChI=1S/C21H28N4O3S2/c1-23-11-13-24(14-12-23)16-17-6-8-18(9-7-17)22-21(26)19-4-2-10-25(19)30(27,28)20-5-3-15-29-20/h3,5-9,15,19H,2,4,10-14,16H2,1H3,(H,22,26). The number of hydrogen-bond donors (Lipinski definition) is 1. The SMILES string of the molecule is CN1CCN(Cc2ccc(NC(=O)C3CCCN3S(=O)(=O)c3cccs3)cc2)CC1. The van der Waals surface area contributed by atoms with Gasteiger partial charge in [0.2, 0.25) is 5.91 Å². The zero-order valence-corrected chi connectivity index (χ0v) is 18.8. The van der Waals surface area contributed by atoms with Crippen LogP contribution >= 0.6 is 11.3 Å². The molecule has 9 heteroatoms. The number of piperazine rings is 1. The zero-order valence-electron chi connectivity index (χ0n) is 17.2. The van der Waals surface area contributed by atoms with E-state index in [9.17, 15) is 13.2 Å². The number of benzene rings is 1. The fourth-order valence-corrected chi connectivity index (χ4v) is 6.77.